The number of nitrogens with zero attached hydrogens (tertiary/aromatic N) is 3. The Morgan fingerprint density at radius 2 is 1.93 bits per heavy atom. The van der Waals surface area contributed by atoms with Crippen LogP contribution in [0.4, 0.5) is 10.5 Å². The van der Waals surface area contributed by atoms with Gasteiger partial charge in [-0.2, -0.15) is 5.26 Å². The summed E-state index contributed by atoms with van der Waals surface area (Å²) in [5.41, 5.74) is 0.918. The van der Waals surface area contributed by atoms with E-state index in [0.29, 0.717) is 25.3 Å². The van der Waals surface area contributed by atoms with Crippen LogP contribution in [0, 0.1) is 23.2 Å². The topological polar surface area (TPSA) is 123 Å². The number of ether oxygens (including phenoxy) is 1. The average molecular weight is 398 g/mol. The molecule has 0 radical (unpaired) electrons. The number of hydrogen-bond acceptors (Lipinski definition) is 6. The van der Waals surface area contributed by atoms with E-state index in [-0.39, 0.29) is 30.2 Å². The second-order valence-electron chi connectivity index (χ2n) is 7.75. The second-order valence-corrected chi connectivity index (χ2v) is 7.75. The van der Waals surface area contributed by atoms with Gasteiger partial charge in [0, 0.05) is 37.5 Å². The van der Waals surface area contributed by atoms with Crippen molar-refractivity contribution in [1.29, 1.82) is 5.26 Å². The normalized spacial score (nSPS) is 29.8. The Bertz CT molecular complexity index is 881. The van der Waals surface area contributed by atoms with E-state index in [4.69, 9.17) is 9.84 Å². The summed E-state index contributed by atoms with van der Waals surface area (Å²) in [6.45, 7) is 2.45. The lowest BCUT2D eigenvalue weighted by atomic mass is 9.91. The highest BCUT2D eigenvalue weighted by molar-refractivity contribution is 5.90. The van der Waals surface area contributed by atoms with Crippen LogP contribution in [0.3, 0.4) is 0 Å². The van der Waals surface area contributed by atoms with Gasteiger partial charge in [-0.3, -0.25) is 14.5 Å². The standard InChI is InChI=1S/C20H22N4O5/c1-12(26)22-6-15-7-24(19(28)29-15)14-4-2-13(3-5-14)20(11-21)16-8-23(9-17(16)20)18(27)10-25/h2-5,15-17,25H,6-10H2,1H3,(H,22,26)/t15-,16-,17+,20?/m0/s1. The van der Waals surface area contributed by atoms with Crippen molar-refractivity contribution in [3.05, 3.63) is 29.8 Å². The first-order valence-electron chi connectivity index (χ1n) is 9.53. The number of carbonyl (C=O) groups is 3. The number of aliphatic hydroxyl groups excluding tert-OH is 1. The van der Waals surface area contributed by atoms with Gasteiger partial charge in [-0.15, -0.1) is 0 Å². The molecule has 1 aromatic carbocycles. The Hall–Kier alpha value is -3.12. The summed E-state index contributed by atoms with van der Waals surface area (Å²) in [5.74, 6) is -0.360. The molecule has 0 spiro atoms. The van der Waals surface area contributed by atoms with Gasteiger partial charge in [0.25, 0.3) is 0 Å². The molecule has 29 heavy (non-hydrogen) atoms. The first kappa shape index (κ1) is 19.2. The van der Waals surface area contributed by atoms with Crippen molar-refractivity contribution in [3.63, 3.8) is 0 Å². The third-order valence-corrected chi connectivity index (χ3v) is 6.16. The van der Waals surface area contributed by atoms with Gasteiger partial charge in [0.15, 0.2) is 0 Å². The third-order valence-electron chi connectivity index (χ3n) is 6.16. The summed E-state index contributed by atoms with van der Waals surface area (Å²) >= 11 is 0. The van der Waals surface area contributed by atoms with Gasteiger partial charge >= 0.3 is 6.09 Å². The number of amides is 3. The molecule has 4 rings (SSSR count). The number of benzene rings is 1. The van der Waals surface area contributed by atoms with E-state index in [9.17, 15) is 19.6 Å². The molecular weight excluding hydrogens is 376 g/mol. The number of rotatable bonds is 5. The first-order valence-corrected chi connectivity index (χ1v) is 9.53. The molecule has 2 N–H and O–H groups in total. The second kappa shape index (κ2) is 7.04. The van der Waals surface area contributed by atoms with Gasteiger partial charge in [-0.05, 0) is 17.7 Å². The molecule has 1 unspecified atom stereocenters. The molecule has 9 nitrogen and oxygen atoms in total. The maximum absolute atomic E-state index is 12.1. The van der Waals surface area contributed by atoms with Gasteiger partial charge in [-0.25, -0.2) is 4.79 Å². The van der Waals surface area contributed by atoms with Crippen molar-refractivity contribution in [2.75, 3.05) is 37.7 Å². The fraction of sp³-hybridized carbons (Fsp3) is 0.500. The number of nitriles is 1. The van der Waals surface area contributed by atoms with Crippen LogP contribution in [0.5, 0.6) is 0 Å². The summed E-state index contributed by atoms with van der Waals surface area (Å²) in [7, 11) is 0. The van der Waals surface area contributed by atoms with E-state index in [1.165, 1.54) is 11.8 Å². The van der Waals surface area contributed by atoms with Crippen LogP contribution >= 0.6 is 0 Å². The monoisotopic (exact) mass is 398 g/mol. The summed E-state index contributed by atoms with van der Waals surface area (Å²) < 4.78 is 5.28. The lowest BCUT2D eigenvalue weighted by molar-refractivity contribution is -0.133. The van der Waals surface area contributed by atoms with E-state index in [1.54, 1.807) is 17.0 Å². The van der Waals surface area contributed by atoms with Gasteiger partial charge in [0.1, 0.15) is 12.7 Å². The van der Waals surface area contributed by atoms with E-state index >= 15 is 0 Å². The average Bonchev–Trinajstić information content (AvgIpc) is 3.02. The summed E-state index contributed by atoms with van der Waals surface area (Å²) in [6, 6.07) is 9.72. The molecular formula is C20H22N4O5. The van der Waals surface area contributed by atoms with Crippen molar-refractivity contribution in [2.45, 2.75) is 18.4 Å². The molecule has 152 valence electrons. The maximum Gasteiger partial charge on any atom is 0.414 e. The van der Waals surface area contributed by atoms with Crippen LogP contribution in [0.15, 0.2) is 24.3 Å². The molecule has 2 aliphatic heterocycles. The van der Waals surface area contributed by atoms with Crippen LogP contribution in [0.1, 0.15) is 12.5 Å². The zero-order valence-electron chi connectivity index (χ0n) is 16.0. The van der Waals surface area contributed by atoms with Crippen molar-refractivity contribution in [2.24, 2.45) is 11.8 Å². The lowest BCUT2D eigenvalue weighted by Gasteiger charge is -2.23. The van der Waals surface area contributed by atoms with Gasteiger partial charge in [0.2, 0.25) is 11.8 Å². The summed E-state index contributed by atoms with van der Waals surface area (Å²) in [4.78, 5) is 38.0. The molecule has 3 amide bonds. The largest absolute Gasteiger partial charge is 0.442 e. The molecule has 2 saturated heterocycles. The molecule has 1 aromatic rings. The lowest BCUT2D eigenvalue weighted by Crippen LogP contribution is -2.36. The predicted molar refractivity (Wildman–Crippen MR) is 101 cm³/mol. The minimum absolute atomic E-state index is 0.0626. The van der Waals surface area contributed by atoms with Crippen molar-refractivity contribution < 1.29 is 24.2 Å². The predicted octanol–water partition coefficient (Wildman–Crippen LogP) is -0.0102. The first-order chi connectivity index (χ1) is 13.9. The summed E-state index contributed by atoms with van der Waals surface area (Å²) in [6.07, 6.45) is -0.876. The maximum atomic E-state index is 12.1. The van der Waals surface area contributed by atoms with Crippen molar-refractivity contribution >= 4 is 23.6 Å². The van der Waals surface area contributed by atoms with E-state index in [1.807, 2.05) is 12.1 Å². The Labute approximate surface area is 167 Å². The molecule has 4 atom stereocenters. The molecule has 1 saturated carbocycles. The fourth-order valence-electron chi connectivity index (χ4n) is 4.61. The summed E-state index contributed by atoms with van der Waals surface area (Å²) in [5, 5.41) is 21.5. The van der Waals surface area contributed by atoms with Gasteiger partial charge < -0.3 is 20.1 Å². The smallest absolute Gasteiger partial charge is 0.414 e. The molecule has 3 aliphatic rings. The number of carbonyl (C=O) groups excluding carboxylic acids is 3. The van der Waals surface area contributed by atoms with E-state index in [0.717, 1.165) is 5.56 Å². The molecule has 9 heteroatoms. The Morgan fingerprint density at radius 3 is 2.48 bits per heavy atom. The minimum atomic E-state index is -0.621. The molecule has 3 fully saturated rings. The number of anilines is 1. The number of likely N-dealkylation sites (tertiary alicyclic amines) is 1. The zero-order chi connectivity index (χ0) is 20.8. The van der Waals surface area contributed by atoms with E-state index in [2.05, 4.69) is 11.4 Å². The Kier molecular flexibility index (Phi) is 4.67. The highest BCUT2D eigenvalue weighted by Gasteiger charge is 2.70. The van der Waals surface area contributed by atoms with Crippen LogP contribution in [-0.2, 0) is 19.7 Å². The SMILES string of the molecule is CC(=O)NC[C@H]1CN(c2ccc(C3(C#N)[C@@H]4CN(C(=O)CO)C[C@@H]43)cc2)C(=O)O1. The fourth-order valence-corrected chi connectivity index (χ4v) is 4.61. The highest BCUT2D eigenvalue weighted by Crippen LogP contribution is 2.63. The highest BCUT2D eigenvalue weighted by atomic mass is 16.6. The Morgan fingerprint density at radius 1 is 1.28 bits per heavy atom. The van der Waals surface area contributed by atoms with Crippen LogP contribution in [0.25, 0.3) is 0 Å². The van der Waals surface area contributed by atoms with Gasteiger partial charge in [0.05, 0.1) is 24.6 Å². The zero-order valence-corrected chi connectivity index (χ0v) is 16.0. The molecule has 0 bridgehead atoms. The van der Waals surface area contributed by atoms with Crippen LogP contribution in [0.2, 0.25) is 0 Å². The minimum Gasteiger partial charge on any atom is -0.442 e. The van der Waals surface area contributed by atoms with Crippen molar-refractivity contribution in [3.8, 4) is 6.07 Å². The number of piperidine rings is 1. The van der Waals surface area contributed by atoms with Gasteiger partial charge in [-0.1, -0.05) is 12.1 Å². The number of nitrogens with one attached hydrogen (secondary N) is 1. The Balaban J connectivity index is 1.44. The molecule has 2 heterocycles. The number of hydrogen-bond donors (Lipinski definition) is 2. The number of cyclic esters (lactones) is 1. The van der Waals surface area contributed by atoms with E-state index < -0.39 is 24.2 Å². The van der Waals surface area contributed by atoms with Crippen LogP contribution < -0.4 is 10.2 Å². The molecule has 0 aromatic heterocycles. The quantitative estimate of drug-likeness (QED) is 0.719. The van der Waals surface area contributed by atoms with Crippen molar-refractivity contribution in [1.82, 2.24) is 10.2 Å². The third kappa shape index (κ3) is 3.09. The number of aliphatic hydroxyl groups is 1. The number of fused-ring (bicyclic) bond motifs is 1. The molecule has 1 aliphatic carbocycles. The van der Waals surface area contributed by atoms with Crippen LogP contribution in [-0.4, -0.2) is 66.8 Å².